The van der Waals surface area contributed by atoms with Gasteiger partial charge < -0.3 is 0 Å². The topological polar surface area (TPSA) is 17.1 Å². The summed E-state index contributed by atoms with van der Waals surface area (Å²) < 4.78 is 0. The van der Waals surface area contributed by atoms with E-state index in [1.807, 2.05) is 0 Å². The van der Waals surface area contributed by atoms with Crippen molar-refractivity contribution in [3.8, 4) is 0 Å². The molecule has 0 saturated heterocycles. The molecule has 0 spiro atoms. The first kappa shape index (κ1) is 5.21. The predicted octanol–water partition coefficient (Wildman–Crippen LogP) is 1.40. The Kier molecular flexibility index (Phi) is 0.850. The molecule has 0 amide bonds. The summed E-state index contributed by atoms with van der Waals surface area (Å²) in [6, 6.07) is 0. The zero-order valence-electron chi connectivity index (χ0n) is 5.50. The van der Waals surface area contributed by atoms with Gasteiger partial charge in [0.2, 0.25) is 0 Å². The van der Waals surface area contributed by atoms with Crippen molar-refractivity contribution in [2.24, 2.45) is 17.8 Å². The van der Waals surface area contributed by atoms with Gasteiger partial charge in [-0.3, -0.25) is 4.79 Å². The van der Waals surface area contributed by atoms with E-state index in [1.54, 1.807) is 6.92 Å². The summed E-state index contributed by atoms with van der Waals surface area (Å²) >= 11 is 0. The summed E-state index contributed by atoms with van der Waals surface area (Å²) in [5.41, 5.74) is 0. The maximum Gasteiger partial charge on any atom is 0.133 e. The van der Waals surface area contributed by atoms with Gasteiger partial charge in [0.15, 0.2) is 0 Å². The largest absolute Gasteiger partial charge is 0.300 e. The van der Waals surface area contributed by atoms with Gasteiger partial charge in [-0.1, -0.05) is 12.2 Å². The molecule has 0 bridgehead atoms. The van der Waals surface area contributed by atoms with E-state index in [2.05, 4.69) is 12.2 Å². The number of ketones is 1. The van der Waals surface area contributed by atoms with Crippen LogP contribution < -0.4 is 0 Å². The van der Waals surface area contributed by atoms with Crippen molar-refractivity contribution in [1.29, 1.82) is 0 Å². The molecule has 48 valence electrons. The van der Waals surface area contributed by atoms with E-state index in [0.717, 1.165) is 6.42 Å². The van der Waals surface area contributed by atoms with Crippen LogP contribution in [0.15, 0.2) is 12.2 Å². The Hall–Kier alpha value is -0.590. The van der Waals surface area contributed by atoms with Gasteiger partial charge in [-0.25, -0.2) is 0 Å². The number of fused-ring (bicyclic) bond motifs is 1. The van der Waals surface area contributed by atoms with Crippen LogP contribution in [0.5, 0.6) is 0 Å². The van der Waals surface area contributed by atoms with Crippen LogP contribution in [0.1, 0.15) is 13.3 Å². The molecule has 2 aliphatic rings. The van der Waals surface area contributed by atoms with Crippen LogP contribution in [0, 0.1) is 17.8 Å². The minimum Gasteiger partial charge on any atom is -0.300 e. The monoisotopic (exact) mass is 122 g/mol. The third kappa shape index (κ3) is 0.576. The Labute approximate surface area is 54.8 Å². The van der Waals surface area contributed by atoms with Crippen molar-refractivity contribution in [2.75, 3.05) is 0 Å². The highest BCUT2D eigenvalue weighted by Gasteiger charge is 2.52. The van der Waals surface area contributed by atoms with Crippen molar-refractivity contribution in [1.82, 2.24) is 0 Å². The Bertz CT molecular complexity index is 181. The molecule has 3 atom stereocenters. The molecule has 0 radical (unpaired) electrons. The van der Waals surface area contributed by atoms with Crippen LogP contribution >= 0.6 is 0 Å². The van der Waals surface area contributed by atoms with Crippen LogP contribution in [0.4, 0.5) is 0 Å². The molecule has 0 heterocycles. The predicted molar refractivity (Wildman–Crippen MR) is 34.9 cm³/mol. The maximum atomic E-state index is 10.8. The summed E-state index contributed by atoms with van der Waals surface area (Å²) in [5.74, 6) is 2.15. The standard InChI is InChI=1S/C8H10O/c1-5(9)8-6-3-2-4-7(6)8/h2-3,6-8H,4H2,1H3/t6-,7+,8-/m1/s1. The number of carbonyl (C=O) groups is 1. The van der Waals surface area contributed by atoms with Gasteiger partial charge in [0.25, 0.3) is 0 Å². The van der Waals surface area contributed by atoms with E-state index in [9.17, 15) is 4.79 Å². The van der Waals surface area contributed by atoms with Gasteiger partial charge in [0, 0.05) is 5.92 Å². The molecule has 2 aliphatic carbocycles. The van der Waals surface area contributed by atoms with E-state index in [1.165, 1.54) is 0 Å². The highest BCUT2D eigenvalue weighted by atomic mass is 16.1. The van der Waals surface area contributed by atoms with E-state index in [0.29, 0.717) is 23.5 Å². The molecule has 0 aromatic carbocycles. The highest BCUT2D eigenvalue weighted by molar-refractivity contribution is 5.82. The number of hydrogen-bond donors (Lipinski definition) is 0. The van der Waals surface area contributed by atoms with Gasteiger partial charge in [-0.15, -0.1) is 0 Å². The lowest BCUT2D eigenvalue weighted by molar-refractivity contribution is -0.118. The lowest BCUT2D eigenvalue weighted by atomic mass is 10.2. The summed E-state index contributed by atoms with van der Waals surface area (Å²) in [6.45, 7) is 1.71. The normalized spacial score (nSPS) is 44.8. The molecule has 0 aromatic heterocycles. The van der Waals surface area contributed by atoms with Crippen LogP contribution in [-0.2, 0) is 4.79 Å². The van der Waals surface area contributed by atoms with Crippen LogP contribution in [-0.4, -0.2) is 5.78 Å². The number of carbonyl (C=O) groups excluding carboxylic acids is 1. The minimum absolute atomic E-state index is 0.384. The molecule has 2 rings (SSSR count). The maximum absolute atomic E-state index is 10.8. The average Bonchev–Trinajstić information content (AvgIpc) is 2.30. The second-order valence-corrected chi connectivity index (χ2v) is 3.04. The van der Waals surface area contributed by atoms with Crippen LogP contribution in [0.25, 0.3) is 0 Å². The Morgan fingerprint density at radius 1 is 1.67 bits per heavy atom. The van der Waals surface area contributed by atoms with Crippen LogP contribution in [0.3, 0.4) is 0 Å². The fourth-order valence-corrected chi connectivity index (χ4v) is 1.93. The third-order valence-electron chi connectivity index (χ3n) is 2.47. The third-order valence-corrected chi connectivity index (χ3v) is 2.47. The van der Waals surface area contributed by atoms with E-state index in [-0.39, 0.29) is 0 Å². The van der Waals surface area contributed by atoms with E-state index in [4.69, 9.17) is 0 Å². The number of hydrogen-bond acceptors (Lipinski definition) is 1. The first-order valence-corrected chi connectivity index (χ1v) is 3.48. The summed E-state index contributed by atoms with van der Waals surface area (Å²) in [5, 5.41) is 0. The van der Waals surface area contributed by atoms with Crippen molar-refractivity contribution in [3.05, 3.63) is 12.2 Å². The van der Waals surface area contributed by atoms with Crippen molar-refractivity contribution in [3.63, 3.8) is 0 Å². The molecule has 0 unspecified atom stereocenters. The van der Waals surface area contributed by atoms with Gasteiger partial charge in [0.1, 0.15) is 5.78 Å². The number of rotatable bonds is 1. The summed E-state index contributed by atoms with van der Waals surface area (Å²) in [4.78, 5) is 10.8. The first-order chi connectivity index (χ1) is 4.30. The molecular formula is C8H10O. The molecular weight excluding hydrogens is 112 g/mol. The average molecular weight is 122 g/mol. The van der Waals surface area contributed by atoms with E-state index >= 15 is 0 Å². The zero-order valence-corrected chi connectivity index (χ0v) is 5.50. The van der Waals surface area contributed by atoms with Crippen molar-refractivity contribution in [2.45, 2.75) is 13.3 Å². The fraction of sp³-hybridized carbons (Fsp3) is 0.625. The molecule has 0 aliphatic heterocycles. The first-order valence-electron chi connectivity index (χ1n) is 3.48. The molecule has 1 heteroatoms. The SMILES string of the molecule is CC(=O)[C@@H]1[C@@H]2C=CC[C@@H]21. The molecule has 0 aromatic rings. The fourth-order valence-electron chi connectivity index (χ4n) is 1.93. The van der Waals surface area contributed by atoms with Gasteiger partial charge in [-0.2, -0.15) is 0 Å². The molecule has 9 heavy (non-hydrogen) atoms. The second-order valence-electron chi connectivity index (χ2n) is 3.04. The Morgan fingerprint density at radius 3 is 2.78 bits per heavy atom. The van der Waals surface area contributed by atoms with Crippen LogP contribution in [0.2, 0.25) is 0 Å². The second kappa shape index (κ2) is 1.47. The van der Waals surface area contributed by atoms with Gasteiger partial charge in [0.05, 0.1) is 0 Å². The molecule has 0 N–H and O–H groups in total. The summed E-state index contributed by atoms with van der Waals surface area (Å²) in [7, 11) is 0. The minimum atomic E-state index is 0.384. The van der Waals surface area contributed by atoms with Gasteiger partial charge in [-0.05, 0) is 25.2 Å². The number of allylic oxidation sites excluding steroid dienone is 2. The highest BCUT2D eigenvalue weighted by Crippen LogP contribution is 2.53. The summed E-state index contributed by atoms with van der Waals surface area (Å²) in [6.07, 6.45) is 5.53. The lowest BCUT2D eigenvalue weighted by Crippen LogP contribution is -1.96. The number of Topliss-reactive ketones (excluding diaryl/α,β-unsaturated/α-hetero) is 1. The zero-order chi connectivity index (χ0) is 6.43. The van der Waals surface area contributed by atoms with Crippen molar-refractivity contribution < 1.29 is 4.79 Å². The van der Waals surface area contributed by atoms with E-state index < -0.39 is 0 Å². The van der Waals surface area contributed by atoms with Gasteiger partial charge >= 0.3 is 0 Å². The smallest absolute Gasteiger partial charge is 0.133 e. The Morgan fingerprint density at radius 2 is 2.44 bits per heavy atom. The quantitative estimate of drug-likeness (QED) is 0.480. The molecule has 1 saturated carbocycles. The molecule has 1 nitrogen and oxygen atoms in total. The molecule has 1 fully saturated rings. The lowest BCUT2D eigenvalue weighted by Gasteiger charge is -1.89. The van der Waals surface area contributed by atoms with Crippen molar-refractivity contribution >= 4 is 5.78 Å². The Balaban J connectivity index is 2.10.